The summed E-state index contributed by atoms with van der Waals surface area (Å²) < 4.78 is 51.0. The van der Waals surface area contributed by atoms with Gasteiger partial charge in [0.25, 0.3) is 0 Å². The lowest BCUT2D eigenvalue weighted by atomic mass is 10.1. The highest BCUT2D eigenvalue weighted by Gasteiger charge is 2.34. The van der Waals surface area contributed by atoms with Crippen LogP contribution in [0.15, 0.2) is 42.5 Å². The first kappa shape index (κ1) is 15.4. The summed E-state index contributed by atoms with van der Waals surface area (Å²) in [6.07, 6.45) is -3.75. The van der Waals surface area contributed by atoms with E-state index in [0.717, 1.165) is 24.2 Å². The smallest absolute Gasteiger partial charge is 0.381 e. The van der Waals surface area contributed by atoms with Gasteiger partial charge in [0.15, 0.2) is 0 Å². The molecule has 1 N–H and O–H groups in total. The predicted molar refractivity (Wildman–Crippen MR) is 74.5 cm³/mol. The second kappa shape index (κ2) is 6.16. The van der Waals surface area contributed by atoms with Gasteiger partial charge in [-0.25, -0.2) is 4.39 Å². The van der Waals surface area contributed by atoms with Gasteiger partial charge in [-0.2, -0.15) is 13.2 Å². The third kappa shape index (κ3) is 3.97. The SMILES string of the molecule is CCc1ccc(NCc2ccc(F)c(C(F)(F)F)c2)cc1. The van der Waals surface area contributed by atoms with Crippen molar-refractivity contribution >= 4 is 5.69 Å². The maximum Gasteiger partial charge on any atom is 0.419 e. The molecule has 0 aliphatic heterocycles. The normalized spacial score (nSPS) is 11.5. The molecular weight excluding hydrogens is 282 g/mol. The van der Waals surface area contributed by atoms with Crippen molar-refractivity contribution in [1.29, 1.82) is 0 Å². The molecule has 1 nitrogen and oxygen atoms in total. The number of alkyl halides is 3. The van der Waals surface area contributed by atoms with Crippen molar-refractivity contribution in [3.63, 3.8) is 0 Å². The van der Waals surface area contributed by atoms with Gasteiger partial charge in [0.05, 0.1) is 5.56 Å². The van der Waals surface area contributed by atoms with Crippen LogP contribution in [0.1, 0.15) is 23.6 Å². The Balaban J connectivity index is 2.09. The molecule has 2 rings (SSSR count). The highest BCUT2D eigenvalue weighted by atomic mass is 19.4. The van der Waals surface area contributed by atoms with Gasteiger partial charge in [-0.3, -0.25) is 0 Å². The van der Waals surface area contributed by atoms with E-state index in [-0.39, 0.29) is 6.54 Å². The summed E-state index contributed by atoms with van der Waals surface area (Å²) in [5, 5.41) is 3.02. The van der Waals surface area contributed by atoms with Gasteiger partial charge in [-0.1, -0.05) is 25.1 Å². The molecule has 0 spiro atoms. The van der Waals surface area contributed by atoms with Crippen molar-refractivity contribution in [1.82, 2.24) is 0 Å². The van der Waals surface area contributed by atoms with Gasteiger partial charge in [0.1, 0.15) is 5.82 Å². The molecule has 0 saturated carbocycles. The van der Waals surface area contributed by atoms with E-state index < -0.39 is 17.6 Å². The molecule has 0 bridgehead atoms. The average molecular weight is 297 g/mol. The van der Waals surface area contributed by atoms with E-state index in [1.54, 1.807) is 0 Å². The van der Waals surface area contributed by atoms with E-state index in [1.807, 2.05) is 31.2 Å². The summed E-state index contributed by atoms with van der Waals surface area (Å²) in [6.45, 7) is 2.24. The summed E-state index contributed by atoms with van der Waals surface area (Å²) in [5.41, 5.74) is 1.14. The minimum Gasteiger partial charge on any atom is -0.381 e. The summed E-state index contributed by atoms with van der Waals surface area (Å²) in [6, 6.07) is 10.7. The van der Waals surface area contributed by atoms with Crippen molar-refractivity contribution in [2.24, 2.45) is 0 Å². The molecule has 0 atom stereocenters. The molecule has 0 saturated heterocycles. The van der Waals surface area contributed by atoms with E-state index in [9.17, 15) is 17.6 Å². The van der Waals surface area contributed by atoms with E-state index in [0.29, 0.717) is 5.56 Å². The molecule has 0 aliphatic rings. The third-order valence-corrected chi connectivity index (χ3v) is 3.19. The molecule has 0 unspecified atom stereocenters. The van der Waals surface area contributed by atoms with Crippen LogP contribution in [-0.2, 0) is 19.1 Å². The number of rotatable bonds is 4. The van der Waals surface area contributed by atoms with Crippen LogP contribution in [0.3, 0.4) is 0 Å². The lowest BCUT2D eigenvalue weighted by molar-refractivity contribution is -0.140. The lowest BCUT2D eigenvalue weighted by Crippen LogP contribution is -2.10. The number of nitrogens with one attached hydrogen (secondary N) is 1. The van der Waals surface area contributed by atoms with Gasteiger partial charge in [0.2, 0.25) is 0 Å². The second-order valence-electron chi connectivity index (χ2n) is 4.72. The average Bonchev–Trinajstić information content (AvgIpc) is 2.45. The standard InChI is InChI=1S/C16H15F4N/c1-2-11-3-6-13(7-4-11)21-10-12-5-8-15(17)14(9-12)16(18,19)20/h3-9,21H,2,10H2,1H3. The molecule has 2 aromatic carbocycles. The largest absolute Gasteiger partial charge is 0.419 e. The van der Waals surface area contributed by atoms with Crippen molar-refractivity contribution in [2.75, 3.05) is 5.32 Å². The number of benzene rings is 2. The van der Waals surface area contributed by atoms with Crippen molar-refractivity contribution < 1.29 is 17.6 Å². The summed E-state index contributed by atoms with van der Waals surface area (Å²) in [7, 11) is 0. The van der Waals surface area contributed by atoms with Crippen molar-refractivity contribution in [2.45, 2.75) is 26.1 Å². The summed E-state index contributed by atoms with van der Waals surface area (Å²) >= 11 is 0. The fourth-order valence-corrected chi connectivity index (χ4v) is 1.96. The fraction of sp³-hybridized carbons (Fsp3) is 0.250. The molecule has 0 amide bonds. The molecular formula is C16H15F4N. The van der Waals surface area contributed by atoms with Crippen LogP contribution in [0.5, 0.6) is 0 Å². The molecule has 5 heteroatoms. The van der Waals surface area contributed by atoms with E-state index >= 15 is 0 Å². The Morgan fingerprint density at radius 2 is 1.57 bits per heavy atom. The van der Waals surface area contributed by atoms with Gasteiger partial charge < -0.3 is 5.32 Å². The molecule has 21 heavy (non-hydrogen) atoms. The zero-order chi connectivity index (χ0) is 15.5. The minimum atomic E-state index is -4.68. The van der Waals surface area contributed by atoms with Crippen LogP contribution >= 0.6 is 0 Å². The lowest BCUT2D eigenvalue weighted by Gasteiger charge is -2.11. The van der Waals surface area contributed by atoms with Crippen molar-refractivity contribution in [3.8, 4) is 0 Å². The first-order chi connectivity index (χ1) is 9.90. The topological polar surface area (TPSA) is 12.0 Å². The highest BCUT2D eigenvalue weighted by Crippen LogP contribution is 2.32. The van der Waals surface area contributed by atoms with Crippen LogP contribution in [0.4, 0.5) is 23.2 Å². The van der Waals surface area contributed by atoms with Crippen LogP contribution in [-0.4, -0.2) is 0 Å². The monoisotopic (exact) mass is 297 g/mol. The maximum atomic E-state index is 13.2. The minimum absolute atomic E-state index is 0.203. The van der Waals surface area contributed by atoms with E-state index in [4.69, 9.17) is 0 Å². The Morgan fingerprint density at radius 3 is 2.14 bits per heavy atom. The van der Waals surface area contributed by atoms with Crippen molar-refractivity contribution in [3.05, 3.63) is 65.0 Å². The molecule has 0 radical (unpaired) electrons. The second-order valence-corrected chi connectivity index (χ2v) is 4.72. The Labute approximate surface area is 120 Å². The predicted octanol–water partition coefficient (Wildman–Crippen LogP) is 5.02. The number of aryl methyl sites for hydroxylation is 1. The van der Waals surface area contributed by atoms with E-state index in [2.05, 4.69) is 5.32 Å². The fourth-order valence-electron chi connectivity index (χ4n) is 1.96. The highest BCUT2D eigenvalue weighted by molar-refractivity contribution is 5.45. The number of hydrogen-bond donors (Lipinski definition) is 1. The zero-order valence-corrected chi connectivity index (χ0v) is 11.5. The summed E-state index contributed by atoms with van der Waals surface area (Å²) in [5.74, 6) is -1.25. The van der Waals surface area contributed by atoms with Gasteiger partial charge >= 0.3 is 6.18 Å². The Morgan fingerprint density at radius 1 is 0.952 bits per heavy atom. The summed E-state index contributed by atoms with van der Waals surface area (Å²) in [4.78, 5) is 0. The van der Waals surface area contributed by atoms with Gasteiger partial charge in [0, 0.05) is 12.2 Å². The van der Waals surface area contributed by atoms with Crippen LogP contribution in [0.2, 0.25) is 0 Å². The van der Waals surface area contributed by atoms with Gasteiger partial charge in [-0.15, -0.1) is 0 Å². The van der Waals surface area contributed by atoms with Crippen LogP contribution in [0, 0.1) is 5.82 Å². The Kier molecular flexibility index (Phi) is 4.50. The molecule has 0 fully saturated rings. The molecule has 2 aromatic rings. The number of anilines is 1. The van der Waals surface area contributed by atoms with Crippen LogP contribution in [0.25, 0.3) is 0 Å². The third-order valence-electron chi connectivity index (χ3n) is 3.19. The Hall–Kier alpha value is -2.04. The zero-order valence-electron chi connectivity index (χ0n) is 11.5. The first-order valence-corrected chi connectivity index (χ1v) is 6.58. The Bertz CT molecular complexity index is 603. The first-order valence-electron chi connectivity index (χ1n) is 6.58. The number of hydrogen-bond acceptors (Lipinski definition) is 1. The molecule has 0 aromatic heterocycles. The molecule has 0 aliphatic carbocycles. The maximum absolute atomic E-state index is 13.2. The molecule has 0 heterocycles. The quantitative estimate of drug-likeness (QED) is 0.781. The number of halogens is 4. The van der Waals surface area contributed by atoms with Crippen LogP contribution < -0.4 is 5.32 Å². The molecule has 112 valence electrons. The van der Waals surface area contributed by atoms with Gasteiger partial charge in [-0.05, 0) is 41.8 Å². The van der Waals surface area contributed by atoms with E-state index in [1.165, 1.54) is 11.6 Å².